The summed E-state index contributed by atoms with van der Waals surface area (Å²) in [6, 6.07) is 0. The molecule has 0 spiro atoms. The van der Waals surface area contributed by atoms with E-state index in [1.807, 2.05) is 13.8 Å². The van der Waals surface area contributed by atoms with E-state index in [1.165, 1.54) is 0 Å². The molecule has 1 atom stereocenters. The summed E-state index contributed by atoms with van der Waals surface area (Å²) in [7, 11) is 1.63. The molecule has 5 nitrogen and oxygen atoms in total. The molecule has 0 radical (unpaired) electrons. The Morgan fingerprint density at radius 1 is 1.00 bits per heavy atom. The van der Waals surface area contributed by atoms with Gasteiger partial charge in [0.1, 0.15) is 6.61 Å². The largest absolute Gasteiger partial charge is 0.463 e. The van der Waals surface area contributed by atoms with Crippen molar-refractivity contribution in [2.45, 2.75) is 20.3 Å². The third-order valence-electron chi connectivity index (χ3n) is 2.29. The molecule has 0 amide bonds. The first kappa shape index (κ1) is 16.4. The van der Waals surface area contributed by atoms with E-state index in [0.717, 1.165) is 6.42 Å². The number of methoxy groups -OCH3 is 1. The van der Waals surface area contributed by atoms with Crippen LogP contribution < -0.4 is 0 Å². The third kappa shape index (κ3) is 10.2. The van der Waals surface area contributed by atoms with Gasteiger partial charge in [-0.2, -0.15) is 0 Å². The van der Waals surface area contributed by atoms with Crippen LogP contribution in [0.5, 0.6) is 0 Å². The number of rotatable bonds is 11. The van der Waals surface area contributed by atoms with Crippen molar-refractivity contribution in [3.63, 3.8) is 0 Å². The summed E-state index contributed by atoms with van der Waals surface area (Å²) < 4.78 is 20.3. The second-order valence-electron chi connectivity index (χ2n) is 3.69. The normalized spacial score (nSPS) is 12.4. The number of hydrogen-bond acceptors (Lipinski definition) is 5. The molecule has 5 heteroatoms. The highest BCUT2D eigenvalue weighted by Gasteiger charge is 2.10. The molecule has 0 N–H and O–H groups in total. The molecule has 1 unspecified atom stereocenters. The molecule has 0 heterocycles. The molecule has 0 fully saturated rings. The van der Waals surface area contributed by atoms with Gasteiger partial charge >= 0.3 is 5.97 Å². The summed E-state index contributed by atoms with van der Waals surface area (Å²) in [6.45, 7) is 6.73. The zero-order chi connectivity index (χ0) is 12.9. The molecular formula is C12H24O5. The molecule has 0 aromatic heterocycles. The van der Waals surface area contributed by atoms with Crippen LogP contribution in [0.2, 0.25) is 0 Å². The maximum atomic E-state index is 11.3. The van der Waals surface area contributed by atoms with Gasteiger partial charge in [-0.25, -0.2) is 0 Å². The number of ether oxygens (including phenoxy) is 4. The molecule has 0 aromatic carbocycles. The highest BCUT2D eigenvalue weighted by atomic mass is 16.6. The minimum absolute atomic E-state index is 0.0348. The summed E-state index contributed by atoms with van der Waals surface area (Å²) in [4.78, 5) is 11.3. The predicted molar refractivity (Wildman–Crippen MR) is 63.9 cm³/mol. The van der Waals surface area contributed by atoms with Crippen molar-refractivity contribution in [3.8, 4) is 0 Å². The quantitative estimate of drug-likeness (QED) is 0.407. The van der Waals surface area contributed by atoms with Gasteiger partial charge in [0.05, 0.1) is 39.0 Å². The first-order valence-electron chi connectivity index (χ1n) is 6.03. The van der Waals surface area contributed by atoms with Crippen molar-refractivity contribution in [3.05, 3.63) is 0 Å². The molecule has 17 heavy (non-hydrogen) atoms. The Bertz CT molecular complexity index is 184. The fourth-order valence-corrected chi connectivity index (χ4v) is 0.974. The fraction of sp³-hybridized carbons (Fsp3) is 0.917. The number of esters is 1. The molecule has 0 aliphatic rings. The molecule has 0 bridgehead atoms. The lowest BCUT2D eigenvalue weighted by Crippen LogP contribution is -2.18. The summed E-state index contributed by atoms with van der Waals surface area (Å²) in [5.41, 5.74) is 0. The van der Waals surface area contributed by atoms with E-state index in [4.69, 9.17) is 18.9 Å². The first-order chi connectivity index (χ1) is 8.22. The summed E-state index contributed by atoms with van der Waals surface area (Å²) in [6.07, 6.45) is 0.799. The van der Waals surface area contributed by atoms with Gasteiger partial charge in [0, 0.05) is 7.11 Å². The van der Waals surface area contributed by atoms with Crippen molar-refractivity contribution >= 4 is 5.97 Å². The van der Waals surface area contributed by atoms with E-state index < -0.39 is 0 Å². The van der Waals surface area contributed by atoms with Crippen molar-refractivity contribution in [2.75, 3.05) is 46.8 Å². The third-order valence-corrected chi connectivity index (χ3v) is 2.29. The Hall–Kier alpha value is -0.650. The van der Waals surface area contributed by atoms with E-state index >= 15 is 0 Å². The second-order valence-corrected chi connectivity index (χ2v) is 3.69. The van der Waals surface area contributed by atoms with Gasteiger partial charge in [0.15, 0.2) is 0 Å². The molecule has 0 rings (SSSR count). The highest BCUT2D eigenvalue weighted by molar-refractivity contribution is 5.71. The number of hydrogen-bond donors (Lipinski definition) is 0. The lowest BCUT2D eigenvalue weighted by Gasteiger charge is -2.09. The van der Waals surface area contributed by atoms with Crippen LogP contribution in [0, 0.1) is 5.92 Å². The molecule has 0 aliphatic heterocycles. The van der Waals surface area contributed by atoms with E-state index in [-0.39, 0.29) is 11.9 Å². The Morgan fingerprint density at radius 2 is 1.53 bits per heavy atom. The van der Waals surface area contributed by atoms with Crippen LogP contribution in [0.15, 0.2) is 0 Å². The highest BCUT2D eigenvalue weighted by Crippen LogP contribution is 2.02. The molecular weight excluding hydrogens is 224 g/mol. The van der Waals surface area contributed by atoms with Crippen LogP contribution >= 0.6 is 0 Å². The first-order valence-corrected chi connectivity index (χ1v) is 6.03. The van der Waals surface area contributed by atoms with Gasteiger partial charge in [-0.3, -0.25) is 4.79 Å². The van der Waals surface area contributed by atoms with Crippen LogP contribution in [0.1, 0.15) is 20.3 Å². The Labute approximate surface area is 103 Å². The van der Waals surface area contributed by atoms with E-state index in [2.05, 4.69) is 0 Å². The van der Waals surface area contributed by atoms with Crippen molar-refractivity contribution < 1.29 is 23.7 Å². The summed E-state index contributed by atoms with van der Waals surface area (Å²) in [5, 5.41) is 0. The zero-order valence-corrected chi connectivity index (χ0v) is 11.1. The lowest BCUT2D eigenvalue weighted by atomic mass is 10.1. The minimum atomic E-state index is -0.160. The number of carbonyl (C=O) groups excluding carboxylic acids is 1. The predicted octanol–water partition coefficient (Wildman–Crippen LogP) is 1.26. The van der Waals surface area contributed by atoms with Crippen molar-refractivity contribution in [1.82, 2.24) is 0 Å². The van der Waals surface area contributed by atoms with Gasteiger partial charge in [0.2, 0.25) is 0 Å². The standard InChI is InChI=1S/C12H24O5/c1-4-11(2)12(13)17-10-9-16-8-7-15-6-5-14-3/h11H,4-10H2,1-3H3. The van der Waals surface area contributed by atoms with Gasteiger partial charge in [0.25, 0.3) is 0 Å². The van der Waals surface area contributed by atoms with E-state index in [1.54, 1.807) is 7.11 Å². The van der Waals surface area contributed by atoms with Crippen LogP contribution in [0.3, 0.4) is 0 Å². The average Bonchev–Trinajstić information content (AvgIpc) is 2.35. The molecule has 0 aliphatic carbocycles. The molecule has 0 aromatic rings. The fourth-order valence-electron chi connectivity index (χ4n) is 0.974. The molecule has 102 valence electrons. The SMILES string of the molecule is CCC(C)C(=O)OCCOCCOCCOC. The topological polar surface area (TPSA) is 54.0 Å². The maximum Gasteiger partial charge on any atom is 0.308 e. The van der Waals surface area contributed by atoms with Gasteiger partial charge < -0.3 is 18.9 Å². The maximum absolute atomic E-state index is 11.3. The van der Waals surface area contributed by atoms with Crippen LogP contribution in [-0.2, 0) is 23.7 Å². The van der Waals surface area contributed by atoms with Crippen molar-refractivity contribution in [1.29, 1.82) is 0 Å². The van der Waals surface area contributed by atoms with Gasteiger partial charge in [-0.1, -0.05) is 13.8 Å². The van der Waals surface area contributed by atoms with Crippen molar-refractivity contribution in [2.24, 2.45) is 5.92 Å². The van der Waals surface area contributed by atoms with E-state index in [0.29, 0.717) is 39.6 Å². The number of carbonyl (C=O) groups is 1. The smallest absolute Gasteiger partial charge is 0.308 e. The second kappa shape index (κ2) is 11.8. The van der Waals surface area contributed by atoms with Crippen LogP contribution in [0.25, 0.3) is 0 Å². The van der Waals surface area contributed by atoms with Gasteiger partial charge in [-0.05, 0) is 6.42 Å². The van der Waals surface area contributed by atoms with Crippen LogP contribution in [-0.4, -0.2) is 52.7 Å². The van der Waals surface area contributed by atoms with E-state index in [9.17, 15) is 4.79 Å². The Balaban J connectivity index is 3.16. The van der Waals surface area contributed by atoms with Crippen LogP contribution in [0.4, 0.5) is 0 Å². The lowest BCUT2D eigenvalue weighted by molar-refractivity contribution is -0.149. The molecule has 0 saturated carbocycles. The minimum Gasteiger partial charge on any atom is -0.463 e. The Morgan fingerprint density at radius 3 is 2.06 bits per heavy atom. The summed E-state index contributed by atoms with van der Waals surface area (Å²) >= 11 is 0. The van der Waals surface area contributed by atoms with Gasteiger partial charge in [-0.15, -0.1) is 0 Å². The monoisotopic (exact) mass is 248 g/mol. The zero-order valence-electron chi connectivity index (χ0n) is 11.1. The average molecular weight is 248 g/mol. The summed E-state index contributed by atoms with van der Waals surface area (Å²) in [5.74, 6) is -0.195. The molecule has 0 saturated heterocycles. The Kier molecular flexibility index (Phi) is 11.4.